The third-order valence-corrected chi connectivity index (χ3v) is 3.38. The highest BCUT2D eigenvalue weighted by molar-refractivity contribution is 7.11. The molecule has 66 valence electrons. The molecule has 3 heteroatoms. The molecule has 0 saturated carbocycles. The SMILES string of the molecule is CNCc1nc2c(s1)CCCC2. The second-order valence-corrected chi connectivity index (χ2v) is 4.38. The van der Waals surface area contributed by atoms with E-state index in [0.717, 1.165) is 6.54 Å². The first-order valence-electron chi connectivity index (χ1n) is 4.52. The molecule has 1 aromatic heterocycles. The molecule has 0 amide bonds. The summed E-state index contributed by atoms with van der Waals surface area (Å²) in [6, 6.07) is 0. The maximum absolute atomic E-state index is 4.60. The Morgan fingerprint density at radius 1 is 1.42 bits per heavy atom. The van der Waals surface area contributed by atoms with Gasteiger partial charge in [-0.2, -0.15) is 0 Å². The first-order chi connectivity index (χ1) is 5.90. The number of thiazole rings is 1. The summed E-state index contributed by atoms with van der Waals surface area (Å²) >= 11 is 1.89. The highest BCUT2D eigenvalue weighted by Crippen LogP contribution is 2.26. The van der Waals surface area contributed by atoms with Crippen molar-refractivity contribution in [2.45, 2.75) is 32.2 Å². The summed E-state index contributed by atoms with van der Waals surface area (Å²) in [5.41, 5.74) is 1.37. The smallest absolute Gasteiger partial charge is 0.107 e. The number of aromatic nitrogens is 1. The van der Waals surface area contributed by atoms with Crippen LogP contribution < -0.4 is 5.32 Å². The number of nitrogens with zero attached hydrogens (tertiary/aromatic N) is 1. The monoisotopic (exact) mass is 182 g/mol. The van der Waals surface area contributed by atoms with Crippen LogP contribution in [0.15, 0.2) is 0 Å². The Kier molecular flexibility index (Phi) is 2.42. The van der Waals surface area contributed by atoms with Crippen LogP contribution in [-0.4, -0.2) is 12.0 Å². The molecule has 2 nitrogen and oxygen atoms in total. The van der Waals surface area contributed by atoms with Crippen LogP contribution in [0.25, 0.3) is 0 Å². The van der Waals surface area contributed by atoms with Crippen LogP contribution in [-0.2, 0) is 19.4 Å². The van der Waals surface area contributed by atoms with Crippen LogP contribution in [0.3, 0.4) is 0 Å². The summed E-state index contributed by atoms with van der Waals surface area (Å²) in [4.78, 5) is 6.13. The second-order valence-electron chi connectivity index (χ2n) is 3.21. The Morgan fingerprint density at radius 2 is 2.25 bits per heavy atom. The van der Waals surface area contributed by atoms with Gasteiger partial charge >= 0.3 is 0 Å². The summed E-state index contributed by atoms with van der Waals surface area (Å²) in [5, 5.41) is 4.40. The van der Waals surface area contributed by atoms with Gasteiger partial charge in [-0.15, -0.1) is 11.3 Å². The summed E-state index contributed by atoms with van der Waals surface area (Å²) in [7, 11) is 1.97. The van der Waals surface area contributed by atoms with Crippen molar-refractivity contribution in [3.05, 3.63) is 15.6 Å². The fourth-order valence-corrected chi connectivity index (χ4v) is 2.80. The predicted octanol–water partition coefficient (Wildman–Crippen LogP) is 1.74. The number of fused-ring (bicyclic) bond motifs is 1. The van der Waals surface area contributed by atoms with Crippen LogP contribution in [0.4, 0.5) is 0 Å². The van der Waals surface area contributed by atoms with Gasteiger partial charge in [-0.25, -0.2) is 4.98 Å². The van der Waals surface area contributed by atoms with Gasteiger partial charge in [-0.05, 0) is 32.7 Å². The van der Waals surface area contributed by atoms with E-state index in [2.05, 4.69) is 10.3 Å². The van der Waals surface area contributed by atoms with E-state index in [1.807, 2.05) is 18.4 Å². The standard InChI is InChI=1S/C9H14N2S/c1-10-6-9-11-7-4-2-3-5-8(7)12-9/h10H,2-6H2,1H3. The van der Waals surface area contributed by atoms with Crippen molar-refractivity contribution in [1.29, 1.82) is 0 Å². The Hall–Kier alpha value is -0.410. The van der Waals surface area contributed by atoms with E-state index in [4.69, 9.17) is 0 Å². The normalized spacial score (nSPS) is 16.1. The van der Waals surface area contributed by atoms with Crippen LogP contribution in [0, 0.1) is 0 Å². The molecule has 0 atom stereocenters. The van der Waals surface area contributed by atoms with Gasteiger partial charge in [-0.3, -0.25) is 0 Å². The fourth-order valence-electron chi connectivity index (χ4n) is 1.63. The van der Waals surface area contributed by atoms with E-state index in [-0.39, 0.29) is 0 Å². The third kappa shape index (κ3) is 1.52. The molecular formula is C9H14N2S. The summed E-state index contributed by atoms with van der Waals surface area (Å²) in [6.07, 6.45) is 5.15. The molecule has 1 N–H and O–H groups in total. The lowest BCUT2D eigenvalue weighted by Gasteiger charge is -2.06. The molecule has 0 unspecified atom stereocenters. The topological polar surface area (TPSA) is 24.9 Å². The van der Waals surface area contributed by atoms with Crippen LogP contribution in [0.5, 0.6) is 0 Å². The van der Waals surface area contributed by atoms with Crippen molar-refractivity contribution in [1.82, 2.24) is 10.3 Å². The van der Waals surface area contributed by atoms with E-state index in [1.54, 1.807) is 0 Å². The van der Waals surface area contributed by atoms with E-state index in [9.17, 15) is 0 Å². The summed E-state index contributed by atoms with van der Waals surface area (Å²) < 4.78 is 0. The second kappa shape index (κ2) is 3.54. The van der Waals surface area contributed by atoms with Crippen LogP contribution >= 0.6 is 11.3 Å². The van der Waals surface area contributed by atoms with E-state index in [1.165, 1.54) is 41.3 Å². The first-order valence-corrected chi connectivity index (χ1v) is 5.34. The van der Waals surface area contributed by atoms with Gasteiger partial charge < -0.3 is 5.32 Å². The molecule has 0 fully saturated rings. The molecule has 0 radical (unpaired) electrons. The zero-order chi connectivity index (χ0) is 8.39. The van der Waals surface area contributed by atoms with Crippen molar-refractivity contribution in [3.63, 3.8) is 0 Å². The van der Waals surface area contributed by atoms with Gasteiger partial charge in [0.2, 0.25) is 0 Å². The fraction of sp³-hybridized carbons (Fsp3) is 0.667. The molecule has 0 spiro atoms. The third-order valence-electron chi connectivity index (χ3n) is 2.22. The van der Waals surface area contributed by atoms with Crippen molar-refractivity contribution in [2.24, 2.45) is 0 Å². The highest BCUT2D eigenvalue weighted by Gasteiger charge is 2.13. The molecule has 12 heavy (non-hydrogen) atoms. The number of aryl methyl sites for hydroxylation is 2. The minimum atomic E-state index is 0.928. The minimum Gasteiger partial charge on any atom is -0.314 e. The van der Waals surface area contributed by atoms with Gasteiger partial charge in [0.25, 0.3) is 0 Å². The van der Waals surface area contributed by atoms with Crippen molar-refractivity contribution < 1.29 is 0 Å². The molecule has 1 aromatic rings. The zero-order valence-corrected chi connectivity index (χ0v) is 8.21. The van der Waals surface area contributed by atoms with Gasteiger partial charge in [0.05, 0.1) is 5.69 Å². The minimum absolute atomic E-state index is 0.928. The molecule has 1 heterocycles. The van der Waals surface area contributed by atoms with Crippen LogP contribution in [0.1, 0.15) is 28.4 Å². The zero-order valence-electron chi connectivity index (χ0n) is 7.39. The molecule has 2 rings (SSSR count). The Labute approximate surface area is 77.0 Å². The Morgan fingerprint density at radius 3 is 3.00 bits per heavy atom. The van der Waals surface area contributed by atoms with Crippen molar-refractivity contribution in [2.75, 3.05) is 7.05 Å². The number of nitrogens with one attached hydrogen (secondary N) is 1. The lowest BCUT2D eigenvalue weighted by molar-refractivity contribution is 0.678. The highest BCUT2D eigenvalue weighted by atomic mass is 32.1. The van der Waals surface area contributed by atoms with Gasteiger partial charge in [0.15, 0.2) is 0 Å². The van der Waals surface area contributed by atoms with Crippen molar-refractivity contribution in [3.8, 4) is 0 Å². The average molecular weight is 182 g/mol. The lowest BCUT2D eigenvalue weighted by Crippen LogP contribution is -2.04. The summed E-state index contributed by atoms with van der Waals surface area (Å²) in [6.45, 7) is 0.928. The Balaban J connectivity index is 2.20. The van der Waals surface area contributed by atoms with Crippen molar-refractivity contribution >= 4 is 11.3 Å². The average Bonchev–Trinajstić information content (AvgIpc) is 2.47. The maximum Gasteiger partial charge on any atom is 0.107 e. The molecule has 0 aliphatic heterocycles. The van der Waals surface area contributed by atoms with Gasteiger partial charge in [-0.1, -0.05) is 0 Å². The summed E-state index contributed by atoms with van der Waals surface area (Å²) in [5.74, 6) is 0. The molecule has 0 saturated heterocycles. The van der Waals surface area contributed by atoms with E-state index in [0.29, 0.717) is 0 Å². The van der Waals surface area contributed by atoms with E-state index >= 15 is 0 Å². The van der Waals surface area contributed by atoms with Gasteiger partial charge in [0.1, 0.15) is 5.01 Å². The maximum atomic E-state index is 4.60. The quantitative estimate of drug-likeness (QED) is 0.753. The first kappa shape index (κ1) is 8.20. The number of hydrogen-bond acceptors (Lipinski definition) is 3. The molecule has 0 bridgehead atoms. The van der Waals surface area contributed by atoms with E-state index < -0.39 is 0 Å². The Bertz CT molecular complexity index is 244. The largest absolute Gasteiger partial charge is 0.314 e. The molecule has 0 aromatic carbocycles. The number of rotatable bonds is 2. The lowest BCUT2D eigenvalue weighted by atomic mass is 10.0. The predicted molar refractivity (Wildman–Crippen MR) is 51.5 cm³/mol. The van der Waals surface area contributed by atoms with Crippen LogP contribution in [0.2, 0.25) is 0 Å². The molecule has 1 aliphatic rings. The molecule has 1 aliphatic carbocycles. The van der Waals surface area contributed by atoms with Gasteiger partial charge in [0, 0.05) is 11.4 Å². The number of hydrogen-bond donors (Lipinski definition) is 1. The molecular weight excluding hydrogens is 168 g/mol.